The number of amides is 2. The van der Waals surface area contributed by atoms with Crippen LogP contribution in [0.5, 0.6) is 0 Å². The van der Waals surface area contributed by atoms with Crippen molar-refractivity contribution in [2.24, 2.45) is 0 Å². The van der Waals surface area contributed by atoms with E-state index in [1.54, 1.807) is 13.8 Å². The maximum atomic E-state index is 12.5. The zero-order valence-electron chi connectivity index (χ0n) is 16.6. The van der Waals surface area contributed by atoms with E-state index in [4.69, 9.17) is 0 Å². The number of aryl methyl sites for hydroxylation is 1. The van der Waals surface area contributed by atoms with Gasteiger partial charge in [-0.3, -0.25) is 9.59 Å². The van der Waals surface area contributed by atoms with Crippen molar-refractivity contribution in [2.45, 2.75) is 58.0 Å². The van der Waals surface area contributed by atoms with Crippen molar-refractivity contribution < 1.29 is 9.59 Å². The molecule has 1 saturated heterocycles. The highest BCUT2D eigenvalue weighted by Gasteiger charge is 2.28. The van der Waals surface area contributed by atoms with E-state index in [1.165, 1.54) is 0 Å². The van der Waals surface area contributed by atoms with Gasteiger partial charge < -0.3 is 19.7 Å². The van der Waals surface area contributed by atoms with E-state index in [2.05, 4.69) is 40.1 Å². The van der Waals surface area contributed by atoms with E-state index in [-0.39, 0.29) is 11.8 Å². The number of hydrogen-bond acceptors (Lipinski definition) is 4. The quantitative estimate of drug-likeness (QED) is 0.759. The molecule has 0 radical (unpaired) electrons. The number of nitrogens with one attached hydrogen (secondary N) is 1. The summed E-state index contributed by atoms with van der Waals surface area (Å²) in [5.74, 6) is 1.47. The summed E-state index contributed by atoms with van der Waals surface area (Å²) in [6, 6.07) is -0.452. The second-order valence-corrected chi connectivity index (χ2v) is 7.38. The van der Waals surface area contributed by atoms with Crippen LogP contribution in [0.2, 0.25) is 0 Å². The standard InChI is InChI=1S/C19H33N5O2/c1-5-17(25)21-15(2)19(26)24-12-7-16(8-13-24)18-20-9-14-23(18)11-6-10-22(3)4/h9,14-16H,5-8,10-13H2,1-4H3,(H,21,25)/t15-/m1/s1. The first kappa shape index (κ1) is 20.4. The van der Waals surface area contributed by atoms with Crippen LogP contribution >= 0.6 is 0 Å². The van der Waals surface area contributed by atoms with Gasteiger partial charge in [-0.05, 0) is 46.8 Å². The summed E-state index contributed by atoms with van der Waals surface area (Å²) in [7, 11) is 4.18. The highest BCUT2D eigenvalue weighted by molar-refractivity contribution is 5.87. The van der Waals surface area contributed by atoms with Crippen LogP contribution in [0, 0.1) is 0 Å². The minimum Gasteiger partial charge on any atom is -0.345 e. The number of imidazole rings is 1. The zero-order chi connectivity index (χ0) is 19.1. The van der Waals surface area contributed by atoms with E-state index in [1.807, 2.05) is 11.1 Å². The third-order valence-corrected chi connectivity index (χ3v) is 4.99. The van der Waals surface area contributed by atoms with E-state index < -0.39 is 6.04 Å². The van der Waals surface area contributed by atoms with Crippen molar-refractivity contribution in [1.82, 2.24) is 24.7 Å². The van der Waals surface area contributed by atoms with Gasteiger partial charge in [0.1, 0.15) is 11.9 Å². The van der Waals surface area contributed by atoms with E-state index in [0.717, 1.165) is 51.3 Å². The molecule has 7 nitrogen and oxygen atoms in total. The smallest absolute Gasteiger partial charge is 0.244 e. The molecular formula is C19H33N5O2. The highest BCUT2D eigenvalue weighted by Crippen LogP contribution is 2.27. The average molecular weight is 364 g/mol. The van der Waals surface area contributed by atoms with Crippen molar-refractivity contribution >= 4 is 11.8 Å². The predicted molar refractivity (Wildman–Crippen MR) is 102 cm³/mol. The second-order valence-electron chi connectivity index (χ2n) is 7.38. The van der Waals surface area contributed by atoms with Gasteiger partial charge in [0, 0.05) is 44.4 Å². The van der Waals surface area contributed by atoms with Crippen molar-refractivity contribution in [1.29, 1.82) is 0 Å². The molecule has 2 amide bonds. The van der Waals surface area contributed by atoms with Gasteiger partial charge in [0.05, 0.1) is 0 Å². The molecule has 1 aromatic rings. The Morgan fingerprint density at radius 3 is 2.65 bits per heavy atom. The summed E-state index contributed by atoms with van der Waals surface area (Å²) >= 11 is 0. The second kappa shape index (κ2) is 9.71. The molecule has 0 bridgehead atoms. The van der Waals surface area contributed by atoms with E-state index in [9.17, 15) is 9.59 Å². The van der Waals surface area contributed by atoms with Gasteiger partial charge in [-0.2, -0.15) is 0 Å². The average Bonchev–Trinajstić information content (AvgIpc) is 3.09. The summed E-state index contributed by atoms with van der Waals surface area (Å²) < 4.78 is 2.26. The van der Waals surface area contributed by atoms with Crippen LogP contribution in [0.4, 0.5) is 0 Å². The van der Waals surface area contributed by atoms with Gasteiger partial charge in [0.25, 0.3) is 0 Å². The van der Waals surface area contributed by atoms with Crippen LogP contribution < -0.4 is 5.32 Å². The monoisotopic (exact) mass is 363 g/mol. The molecule has 0 unspecified atom stereocenters. The highest BCUT2D eigenvalue weighted by atomic mass is 16.2. The minimum absolute atomic E-state index is 0.0135. The number of aromatic nitrogens is 2. The lowest BCUT2D eigenvalue weighted by Gasteiger charge is -2.33. The summed E-state index contributed by atoms with van der Waals surface area (Å²) in [4.78, 5) is 32.6. The Hall–Kier alpha value is -1.89. The number of carbonyl (C=O) groups is 2. The molecule has 1 fully saturated rings. The molecule has 0 aliphatic carbocycles. The third-order valence-electron chi connectivity index (χ3n) is 4.99. The molecule has 2 rings (SSSR count). The fourth-order valence-corrected chi connectivity index (χ4v) is 3.46. The Bertz CT molecular complexity index is 591. The number of nitrogens with zero attached hydrogens (tertiary/aromatic N) is 4. The lowest BCUT2D eigenvalue weighted by molar-refractivity contribution is -0.136. The third kappa shape index (κ3) is 5.56. The molecule has 1 aliphatic heterocycles. The van der Waals surface area contributed by atoms with Crippen LogP contribution in [0.15, 0.2) is 12.4 Å². The fraction of sp³-hybridized carbons (Fsp3) is 0.737. The first-order valence-corrected chi connectivity index (χ1v) is 9.66. The summed E-state index contributed by atoms with van der Waals surface area (Å²) in [6.07, 6.45) is 7.28. The van der Waals surface area contributed by atoms with Crippen molar-refractivity contribution in [2.75, 3.05) is 33.7 Å². The molecule has 0 spiro atoms. The summed E-state index contributed by atoms with van der Waals surface area (Å²) in [5.41, 5.74) is 0. The maximum absolute atomic E-state index is 12.5. The molecule has 1 aromatic heterocycles. The van der Waals surface area contributed by atoms with Crippen LogP contribution in [0.3, 0.4) is 0 Å². The molecule has 0 saturated carbocycles. The lowest BCUT2D eigenvalue weighted by atomic mass is 9.95. The first-order chi connectivity index (χ1) is 12.4. The van der Waals surface area contributed by atoms with Crippen molar-refractivity contribution in [3.63, 3.8) is 0 Å². The Morgan fingerprint density at radius 1 is 1.35 bits per heavy atom. The van der Waals surface area contributed by atoms with Crippen molar-refractivity contribution in [3.05, 3.63) is 18.2 Å². The van der Waals surface area contributed by atoms with Crippen LogP contribution in [-0.2, 0) is 16.1 Å². The maximum Gasteiger partial charge on any atom is 0.244 e. The molecule has 7 heteroatoms. The topological polar surface area (TPSA) is 70.5 Å². The number of rotatable bonds is 8. The Labute approximate surface area is 156 Å². The lowest BCUT2D eigenvalue weighted by Crippen LogP contribution is -2.49. The van der Waals surface area contributed by atoms with Crippen LogP contribution in [0.1, 0.15) is 51.3 Å². The van der Waals surface area contributed by atoms with Gasteiger partial charge >= 0.3 is 0 Å². The zero-order valence-corrected chi connectivity index (χ0v) is 16.6. The molecule has 1 aliphatic rings. The SMILES string of the molecule is CCC(=O)N[C@H](C)C(=O)N1CCC(c2nccn2CCCN(C)C)CC1. The van der Waals surface area contributed by atoms with Crippen LogP contribution in [-0.4, -0.2) is 70.9 Å². The van der Waals surface area contributed by atoms with Gasteiger partial charge in [0.2, 0.25) is 11.8 Å². The summed E-state index contributed by atoms with van der Waals surface area (Å²) in [5, 5.41) is 2.76. The number of hydrogen-bond donors (Lipinski definition) is 1. The molecule has 1 N–H and O–H groups in total. The largest absolute Gasteiger partial charge is 0.345 e. The number of carbonyl (C=O) groups excluding carboxylic acids is 2. The summed E-state index contributed by atoms with van der Waals surface area (Å²) in [6.45, 7) is 7.04. The predicted octanol–water partition coefficient (Wildman–Crippen LogP) is 1.46. The first-order valence-electron chi connectivity index (χ1n) is 9.66. The van der Waals surface area contributed by atoms with Crippen LogP contribution in [0.25, 0.3) is 0 Å². The van der Waals surface area contributed by atoms with E-state index >= 15 is 0 Å². The molecule has 0 aromatic carbocycles. The Morgan fingerprint density at radius 2 is 2.04 bits per heavy atom. The molecule has 2 heterocycles. The van der Waals surface area contributed by atoms with E-state index in [0.29, 0.717) is 12.3 Å². The van der Waals surface area contributed by atoms with Gasteiger partial charge in [-0.25, -0.2) is 4.98 Å². The minimum atomic E-state index is -0.452. The molecule has 146 valence electrons. The fourth-order valence-electron chi connectivity index (χ4n) is 3.46. The van der Waals surface area contributed by atoms with Crippen molar-refractivity contribution in [3.8, 4) is 0 Å². The Kier molecular flexibility index (Phi) is 7.63. The van der Waals surface area contributed by atoms with Gasteiger partial charge in [-0.1, -0.05) is 6.92 Å². The van der Waals surface area contributed by atoms with Gasteiger partial charge in [-0.15, -0.1) is 0 Å². The van der Waals surface area contributed by atoms with Gasteiger partial charge in [0.15, 0.2) is 0 Å². The number of likely N-dealkylation sites (tertiary alicyclic amines) is 1. The number of piperidine rings is 1. The molecule has 1 atom stereocenters. The normalized spacial score (nSPS) is 16.7. The molecule has 26 heavy (non-hydrogen) atoms. The molecular weight excluding hydrogens is 330 g/mol. The Balaban J connectivity index is 1.86.